The quantitative estimate of drug-likeness (QED) is 0.778. The summed E-state index contributed by atoms with van der Waals surface area (Å²) in [5, 5.41) is 8.34. The first-order valence-electron chi connectivity index (χ1n) is 6.11. The Balaban J connectivity index is 1.65. The molecule has 3 aromatic rings. The third-order valence-electron chi connectivity index (χ3n) is 2.99. The Kier molecular flexibility index (Phi) is 3.25. The van der Waals surface area contributed by atoms with Crippen molar-refractivity contribution in [2.75, 3.05) is 0 Å². The van der Waals surface area contributed by atoms with Gasteiger partial charge in [-0.3, -0.25) is 0 Å². The fourth-order valence-electron chi connectivity index (χ4n) is 1.99. The number of nitrogens with zero attached hydrogens (tertiary/aromatic N) is 1. The topological polar surface area (TPSA) is 38.1 Å². The molecule has 0 aliphatic rings. The van der Waals surface area contributed by atoms with E-state index >= 15 is 0 Å². The monoisotopic (exact) mass is 256 g/mol. The summed E-state index contributed by atoms with van der Waals surface area (Å²) in [6.45, 7) is 1.29. The zero-order valence-corrected chi connectivity index (χ0v) is 10.3. The Hall–Kier alpha value is -2.20. The van der Waals surface area contributed by atoms with Crippen LogP contribution in [0.1, 0.15) is 11.3 Å². The second kappa shape index (κ2) is 5.20. The standard InChI is InChI=1S/C15H13FN2O/c16-12-7-5-11(6-8-12)9-17-10-14-13-3-1-2-4-15(13)19-18-14/h1-8,17H,9-10H2. The zero-order chi connectivity index (χ0) is 13.1. The molecule has 0 radical (unpaired) electrons. The highest BCUT2D eigenvalue weighted by Crippen LogP contribution is 2.17. The number of hydrogen-bond donors (Lipinski definition) is 1. The molecule has 0 aliphatic carbocycles. The van der Waals surface area contributed by atoms with Crippen LogP contribution in [0.3, 0.4) is 0 Å². The van der Waals surface area contributed by atoms with Crippen molar-refractivity contribution in [3.05, 3.63) is 65.6 Å². The van der Waals surface area contributed by atoms with Gasteiger partial charge in [0.25, 0.3) is 0 Å². The lowest BCUT2D eigenvalue weighted by Crippen LogP contribution is -2.13. The second-order valence-electron chi connectivity index (χ2n) is 4.36. The minimum atomic E-state index is -0.216. The van der Waals surface area contributed by atoms with Crippen LogP contribution in [0.4, 0.5) is 4.39 Å². The lowest BCUT2D eigenvalue weighted by atomic mass is 10.2. The van der Waals surface area contributed by atoms with Gasteiger partial charge in [0, 0.05) is 18.5 Å². The molecular weight excluding hydrogens is 243 g/mol. The number of benzene rings is 2. The van der Waals surface area contributed by atoms with Crippen LogP contribution in [-0.4, -0.2) is 5.16 Å². The first kappa shape index (κ1) is 11.9. The van der Waals surface area contributed by atoms with Gasteiger partial charge in [-0.2, -0.15) is 0 Å². The van der Waals surface area contributed by atoms with Crippen molar-refractivity contribution in [1.29, 1.82) is 0 Å². The Bertz CT molecular complexity index is 676. The van der Waals surface area contributed by atoms with Crippen molar-refractivity contribution in [2.24, 2.45) is 0 Å². The van der Waals surface area contributed by atoms with Crippen LogP contribution in [-0.2, 0) is 13.1 Å². The summed E-state index contributed by atoms with van der Waals surface area (Å²) in [6.07, 6.45) is 0. The predicted octanol–water partition coefficient (Wildman–Crippen LogP) is 3.26. The minimum Gasteiger partial charge on any atom is -0.356 e. The van der Waals surface area contributed by atoms with Crippen molar-refractivity contribution in [3.8, 4) is 0 Å². The van der Waals surface area contributed by atoms with E-state index in [0.717, 1.165) is 22.2 Å². The lowest BCUT2D eigenvalue weighted by Gasteiger charge is -2.02. The van der Waals surface area contributed by atoms with E-state index in [-0.39, 0.29) is 5.82 Å². The molecular formula is C15H13FN2O. The van der Waals surface area contributed by atoms with E-state index in [1.807, 2.05) is 24.3 Å². The zero-order valence-electron chi connectivity index (χ0n) is 10.3. The molecule has 4 heteroatoms. The van der Waals surface area contributed by atoms with Crippen LogP contribution in [0, 0.1) is 5.82 Å². The average molecular weight is 256 g/mol. The lowest BCUT2D eigenvalue weighted by molar-refractivity contribution is 0.441. The van der Waals surface area contributed by atoms with Gasteiger partial charge in [0.2, 0.25) is 0 Å². The Morgan fingerprint density at radius 1 is 1.00 bits per heavy atom. The Morgan fingerprint density at radius 3 is 2.63 bits per heavy atom. The molecule has 0 fully saturated rings. The van der Waals surface area contributed by atoms with Gasteiger partial charge in [-0.05, 0) is 29.8 Å². The molecule has 0 spiro atoms. The van der Waals surface area contributed by atoms with Crippen LogP contribution in [0.5, 0.6) is 0 Å². The van der Waals surface area contributed by atoms with Gasteiger partial charge >= 0.3 is 0 Å². The molecule has 0 saturated heterocycles. The SMILES string of the molecule is Fc1ccc(CNCc2noc3ccccc23)cc1. The molecule has 3 rings (SSSR count). The number of halogens is 1. The van der Waals surface area contributed by atoms with Gasteiger partial charge in [0.15, 0.2) is 5.58 Å². The number of nitrogens with one attached hydrogen (secondary N) is 1. The van der Waals surface area contributed by atoms with Crippen LogP contribution < -0.4 is 5.32 Å². The van der Waals surface area contributed by atoms with Crippen molar-refractivity contribution >= 4 is 11.0 Å². The summed E-state index contributed by atoms with van der Waals surface area (Å²) in [6, 6.07) is 14.2. The molecule has 19 heavy (non-hydrogen) atoms. The van der Waals surface area contributed by atoms with Crippen molar-refractivity contribution in [3.63, 3.8) is 0 Å². The fourth-order valence-corrected chi connectivity index (χ4v) is 1.99. The first-order chi connectivity index (χ1) is 9.33. The predicted molar refractivity (Wildman–Crippen MR) is 71.0 cm³/mol. The molecule has 1 N–H and O–H groups in total. The molecule has 0 aliphatic heterocycles. The molecule has 2 aromatic carbocycles. The molecule has 0 bridgehead atoms. The van der Waals surface area contributed by atoms with E-state index < -0.39 is 0 Å². The maximum absolute atomic E-state index is 12.8. The van der Waals surface area contributed by atoms with Crippen molar-refractivity contribution in [2.45, 2.75) is 13.1 Å². The largest absolute Gasteiger partial charge is 0.356 e. The fraction of sp³-hybridized carbons (Fsp3) is 0.133. The molecule has 1 aromatic heterocycles. The molecule has 1 heterocycles. The van der Waals surface area contributed by atoms with Gasteiger partial charge in [0.1, 0.15) is 11.5 Å². The highest BCUT2D eigenvalue weighted by molar-refractivity contribution is 5.79. The first-order valence-corrected chi connectivity index (χ1v) is 6.11. The number of aromatic nitrogens is 1. The third kappa shape index (κ3) is 2.63. The molecule has 0 atom stereocenters. The van der Waals surface area contributed by atoms with Gasteiger partial charge < -0.3 is 9.84 Å². The van der Waals surface area contributed by atoms with Gasteiger partial charge in [0.05, 0.1) is 0 Å². The van der Waals surface area contributed by atoms with Gasteiger partial charge in [-0.15, -0.1) is 0 Å². The van der Waals surface area contributed by atoms with E-state index in [0.29, 0.717) is 13.1 Å². The number of fused-ring (bicyclic) bond motifs is 1. The summed E-state index contributed by atoms with van der Waals surface area (Å²) < 4.78 is 18.0. The maximum Gasteiger partial charge on any atom is 0.167 e. The van der Waals surface area contributed by atoms with Crippen LogP contribution in [0.2, 0.25) is 0 Å². The second-order valence-corrected chi connectivity index (χ2v) is 4.36. The normalized spacial score (nSPS) is 11.0. The number of para-hydroxylation sites is 1. The van der Waals surface area contributed by atoms with E-state index in [2.05, 4.69) is 10.5 Å². The summed E-state index contributed by atoms with van der Waals surface area (Å²) in [5.41, 5.74) is 2.72. The highest BCUT2D eigenvalue weighted by atomic mass is 19.1. The summed E-state index contributed by atoms with van der Waals surface area (Å²) in [5.74, 6) is -0.216. The Morgan fingerprint density at radius 2 is 1.79 bits per heavy atom. The average Bonchev–Trinajstić information content (AvgIpc) is 2.85. The molecule has 3 nitrogen and oxygen atoms in total. The number of rotatable bonds is 4. The molecule has 0 amide bonds. The van der Waals surface area contributed by atoms with Gasteiger partial charge in [-0.1, -0.05) is 29.4 Å². The summed E-state index contributed by atoms with van der Waals surface area (Å²) in [4.78, 5) is 0. The van der Waals surface area contributed by atoms with E-state index in [1.54, 1.807) is 12.1 Å². The van der Waals surface area contributed by atoms with Crippen molar-refractivity contribution in [1.82, 2.24) is 10.5 Å². The van der Waals surface area contributed by atoms with E-state index in [9.17, 15) is 4.39 Å². The summed E-state index contributed by atoms with van der Waals surface area (Å²) >= 11 is 0. The van der Waals surface area contributed by atoms with Gasteiger partial charge in [-0.25, -0.2) is 4.39 Å². The third-order valence-corrected chi connectivity index (χ3v) is 2.99. The molecule has 96 valence electrons. The summed E-state index contributed by atoms with van der Waals surface area (Å²) in [7, 11) is 0. The minimum absolute atomic E-state index is 0.216. The van der Waals surface area contributed by atoms with E-state index in [4.69, 9.17) is 4.52 Å². The Labute approximate surface area is 110 Å². The highest BCUT2D eigenvalue weighted by Gasteiger charge is 2.06. The van der Waals surface area contributed by atoms with Crippen molar-refractivity contribution < 1.29 is 8.91 Å². The van der Waals surface area contributed by atoms with Crippen LogP contribution in [0.25, 0.3) is 11.0 Å². The molecule has 0 unspecified atom stereocenters. The van der Waals surface area contributed by atoms with E-state index in [1.165, 1.54) is 12.1 Å². The maximum atomic E-state index is 12.8. The number of hydrogen-bond acceptors (Lipinski definition) is 3. The van der Waals surface area contributed by atoms with Crippen LogP contribution >= 0.6 is 0 Å². The molecule has 0 saturated carbocycles. The smallest absolute Gasteiger partial charge is 0.167 e. The van der Waals surface area contributed by atoms with Crippen LogP contribution in [0.15, 0.2) is 53.1 Å².